The van der Waals surface area contributed by atoms with Crippen molar-refractivity contribution in [1.29, 1.82) is 0 Å². The van der Waals surface area contributed by atoms with Crippen LogP contribution >= 0.6 is 0 Å². The molecule has 0 aliphatic carbocycles. The molecular formula is C22H25N3O4. The second-order valence-corrected chi connectivity index (χ2v) is 7.22. The molecule has 3 aromatic rings. The fourth-order valence-corrected chi connectivity index (χ4v) is 3.72. The summed E-state index contributed by atoms with van der Waals surface area (Å²) in [7, 11) is 1.80. The molecule has 2 heterocycles. The quantitative estimate of drug-likeness (QED) is 0.641. The Morgan fingerprint density at radius 2 is 1.79 bits per heavy atom. The molecule has 152 valence electrons. The van der Waals surface area contributed by atoms with Crippen LogP contribution in [0.3, 0.4) is 0 Å². The lowest BCUT2D eigenvalue weighted by Crippen LogP contribution is -2.37. The smallest absolute Gasteiger partial charge is 0.408 e. The molecule has 0 bridgehead atoms. The largest absolute Gasteiger partial charge is 0.419 e. The van der Waals surface area contributed by atoms with E-state index < -0.39 is 5.76 Å². The lowest BCUT2D eigenvalue weighted by molar-refractivity contribution is -0.130. The topological polar surface area (TPSA) is 67.9 Å². The average molecular weight is 395 g/mol. The Morgan fingerprint density at radius 3 is 2.62 bits per heavy atom. The summed E-state index contributed by atoms with van der Waals surface area (Å²) in [5.41, 5.74) is 3.51. The highest BCUT2D eigenvalue weighted by Gasteiger charge is 2.18. The normalized spacial score (nSPS) is 14.3. The number of para-hydroxylation sites is 3. The second kappa shape index (κ2) is 8.53. The fraction of sp³-hybridized carbons (Fsp3) is 0.364. The molecule has 1 aromatic heterocycles. The Morgan fingerprint density at radius 1 is 1.07 bits per heavy atom. The molecule has 2 aromatic carbocycles. The third kappa shape index (κ3) is 4.19. The molecule has 1 aliphatic rings. The van der Waals surface area contributed by atoms with E-state index in [-0.39, 0.29) is 12.3 Å². The van der Waals surface area contributed by atoms with Crippen LogP contribution < -0.4 is 10.7 Å². The number of hydrogen-bond acceptors (Lipinski definition) is 5. The number of carbonyl (C=O) groups excluding carboxylic acids is 1. The van der Waals surface area contributed by atoms with Crippen molar-refractivity contribution in [3.63, 3.8) is 0 Å². The lowest BCUT2D eigenvalue weighted by Gasteiger charge is -2.31. The molecule has 0 radical (unpaired) electrons. The van der Waals surface area contributed by atoms with Crippen LogP contribution in [0.5, 0.6) is 0 Å². The van der Waals surface area contributed by atoms with Gasteiger partial charge in [-0.1, -0.05) is 30.3 Å². The molecule has 0 N–H and O–H groups in total. The first-order valence-electron chi connectivity index (χ1n) is 9.86. The molecule has 7 heteroatoms. The first-order chi connectivity index (χ1) is 14.1. The number of morpholine rings is 1. The number of aryl methyl sites for hydroxylation is 1. The van der Waals surface area contributed by atoms with Crippen LogP contribution in [0.15, 0.2) is 57.7 Å². The van der Waals surface area contributed by atoms with Crippen molar-refractivity contribution in [2.24, 2.45) is 0 Å². The number of hydrogen-bond donors (Lipinski definition) is 0. The second-order valence-electron chi connectivity index (χ2n) is 7.22. The zero-order valence-electron chi connectivity index (χ0n) is 16.5. The summed E-state index contributed by atoms with van der Waals surface area (Å²) in [4.78, 5) is 28.8. The van der Waals surface area contributed by atoms with Gasteiger partial charge in [0.05, 0.1) is 18.7 Å². The van der Waals surface area contributed by atoms with Crippen LogP contribution in [0.4, 0.5) is 5.69 Å². The number of amides is 1. The highest BCUT2D eigenvalue weighted by Crippen LogP contribution is 2.23. The van der Waals surface area contributed by atoms with E-state index in [0.29, 0.717) is 24.2 Å². The molecule has 0 unspecified atom stereocenters. The van der Waals surface area contributed by atoms with E-state index in [1.807, 2.05) is 30.3 Å². The molecule has 7 nitrogen and oxygen atoms in total. The van der Waals surface area contributed by atoms with E-state index in [0.717, 1.165) is 37.6 Å². The van der Waals surface area contributed by atoms with Crippen LogP contribution in [-0.2, 0) is 22.6 Å². The number of anilines is 1. The minimum atomic E-state index is -0.431. The van der Waals surface area contributed by atoms with Gasteiger partial charge in [-0.3, -0.25) is 9.36 Å². The molecule has 0 saturated carbocycles. The Balaban J connectivity index is 1.42. The third-order valence-corrected chi connectivity index (χ3v) is 5.30. The number of aromatic nitrogens is 1. The Bertz CT molecular complexity index is 1050. The van der Waals surface area contributed by atoms with Gasteiger partial charge < -0.3 is 19.0 Å². The average Bonchev–Trinajstić information content (AvgIpc) is 3.08. The van der Waals surface area contributed by atoms with Gasteiger partial charge in [-0.2, -0.15) is 0 Å². The summed E-state index contributed by atoms with van der Waals surface area (Å²) in [5.74, 6) is -0.446. The predicted molar refractivity (Wildman–Crippen MR) is 111 cm³/mol. The summed E-state index contributed by atoms with van der Waals surface area (Å²) in [6.07, 6.45) is 0.236. The first kappa shape index (κ1) is 19.3. The number of oxazole rings is 1. The maximum Gasteiger partial charge on any atom is 0.419 e. The van der Waals surface area contributed by atoms with Crippen molar-refractivity contribution in [2.75, 3.05) is 38.3 Å². The van der Waals surface area contributed by atoms with E-state index in [9.17, 15) is 9.59 Å². The molecular weight excluding hydrogens is 370 g/mol. The Hall–Kier alpha value is -3.06. The number of benzene rings is 2. The third-order valence-electron chi connectivity index (χ3n) is 5.30. The molecule has 0 spiro atoms. The summed E-state index contributed by atoms with van der Waals surface area (Å²) in [6.45, 7) is 3.96. The number of carbonyl (C=O) groups is 1. The van der Waals surface area contributed by atoms with Gasteiger partial charge in [0.1, 0.15) is 0 Å². The number of ether oxygens (including phenoxy) is 1. The van der Waals surface area contributed by atoms with E-state index in [1.54, 1.807) is 18.0 Å². The van der Waals surface area contributed by atoms with Crippen molar-refractivity contribution >= 4 is 22.7 Å². The van der Waals surface area contributed by atoms with Gasteiger partial charge >= 0.3 is 5.76 Å². The highest BCUT2D eigenvalue weighted by molar-refractivity contribution is 5.77. The summed E-state index contributed by atoms with van der Waals surface area (Å²) < 4.78 is 12.2. The molecule has 0 atom stereocenters. The van der Waals surface area contributed by atoms with E-state index in [4.69, 9.17) is 9.15 Å². The minimum absolute atomic E-state index is 0.0149. The van der Waals surface area contributed by atoms with E-state index >= 15 is 0 Å². The van der Waals surface area contributed by atoms with Gasteiger partial charge in [-0.05, 0) is 23.8 Å². The summed E-state index contributed by atoms with van der Waals surface area (Å²) >= 11 is 0. The van der Waals surface area contributed by atoms with Crippen molar-refractivity contribution in [2.45, 2.75) is 19.5 Å². The number of rotatable bonds is 6. The monoisotopic (exact) mass is 395 g/mol. The molecule has 1 amide bonds. The minimum Gasteiger partial charge on any atom is -0.408 e. The van der Waals surface area contributed by atoms with Crippen molar-refractivity contribution in [1.82, 2.24) is 9.47 Å². The zero-order valence-corrected chi connectivity index (χ0v) is 16.5. The Labute approximate surface area is 169 Å². The van der Waals surface area contributed by atoms with Crippen LogP contribution in [0, 0.1) is 0 Å². The molecule has 29 heavy (non-hydrogen) atoms. The Kier molecular flexibility index (Phi) is 5.67. The standard InChI is InChI=1S/C22H25N3O4/c1-23(16-17-6-2-3-7-18(17)24-12-14-28-15-13-24)21(26)10-11-25-19-8-4-5-9-20(19)29-22(25)27/h2-9H,10-16H2,1H3. The van der Waals surface area contributed by atoms with E-state index in [2.05, 4.69) is 17.0 Å². The number of nitrogens with zero attached hydrogens (tertiary/aromatic N) is 3. The predicted octanol–water partition coefficient (Wildman–Crippen LogP) is 2.48. The van der Waals surface area contributed by atoms with Crippen LogP contribution in [0.25, 0.3) is 11.1 Å². The molecule has 1 aliphatic heterocycles. The molecule has 1 saturated heterocycles. The van der Waals surface area contributed by atoms with Crippen molar-refractivity contribution in [3.8, 4) is 0 Å². The van der Waals surface area contributed by atoms with Crippen LogP contribution in [-0.4, -0.2) is 48.7 Å². The van der Waals surface area contributed by atoms with Crippen molar-refractivity contribution < 1.29 is 13.9 Å². The van der Waals surface area contributed by atoms with Crippen LogP contribution in [0.1, 0.15) is 12.0 Å². The van der Waals surface area contributed by atoms with Crippen molar-refractivity contribution in [3.05, 3.63) is 64.6 Å². The van der Waals surface area contributed by atoms with Gasteiger partial charge in [0.2, 0.25) is 5.91 Å². The summed E-state index contributed by atoms with van der Waals surface area (Å²) in [5, 5.41) is 0. The maximum atomic E-state index is 12.7. The van der Waals surface area contributed by atoms with E-state index in [1.165, 1.54) is 4.57 Å². The van der Waals surface area contributed by atoms with Gasteiger partial charge in [-0.15, -0.1) is 0 Å². The van der Waals surface area contributed by atoms with Gasteiger partial charge in [0, 0.05) is 45.3 Å². The van der Waals surface area contributed by atoms with Gasteiger partial charge in [0.15, 0.2) is 5.58 Å². The summed E-state index contributed by atoms with van der Waals surface area (Å²) in [6, 6.07) is 15.4. The first-order valence-corrected chi connectivity index (χ1v) is 9.86. The van der Waals surface area contributed by atoms with Gasteiger partial charge in [0.25, 0.3) is 0 Å². The molecule has 1 fully saturated rings. The lowest BCUT2D eigenvalue weighted by atomic mass is 10.1. The van der Waals surface area contributed by atoms with Gasteiger partial charge in [-0.25, -0.2) is 4.79 Å². The highest BCUT2D eigenvalue weighted by atomic mass is 16.5. The molecule has 4 rings (SSSR count). The maximum absolute atomic E-state index is 12.7. The SMILES string of the molecule is CN(Cc1ccccc1N1CCOCC1)C(=O)CCn1c(=O)oc2ccccc21. The van der Waals surface area contributed by atoms with Crippen LogP contribution in [0.2, 0.25) is 0 Å². The number of fused-ring (bicyclic) bond motifs is 1. The fourth-order valence-electron chi connectivity index (χ4n) is 3.72. The zero-order chi connectivity index (χ0) is 20.2.